The molecule has 3 aromatic rings. The molecule has 0 aliphatic heterocycles. The van der Waals surface area contributed by atoms with E-state index in [0.717, 1.165) is 0 Å². The molecule has 3 N–H and O–H groups in total. The van der Waals surface area contributed by atoms with Gasteiger partial charge in [-0.05, 0) is 30.3 Å². The van der Waals surface area contributed by atoms with Crippen LogP contribution >= 0.6 is 0 Å². The molecule has 0 atom stereocenters. The van der Waals surface area contributed by atoms with Gasteiger partial charge in [-0.3, -0.25) is 9.78 Å². The van der Waals surface area contributed by atoms with Crippen LogP contribution in [0.5, 0.6) is 0 Å². The summed E-state index contributed by atoms with van der Waals surface area (Å²) in [5.41, 5.74) is 2.00. The summed E-state index contributed by atoms with van der Waals surface area (Å²) in [7, 11) is 0. The standard InChI is InChI=1S/C13H10N4O2/c18-12(10-3-1-2-6-14-10)15-8-4-5-9-11(7-8)17-13(19)16-9/h1-7H,(H,15,18)(H2,16,17,19). The molecule has 2 heterocycles. The molecular weight excluding hydrogens is 244 g/mol. The van der Waals surface area contributed by atoms with Crippen LogP contribution in [0.1, 0.15) is 10.5 Å². The van der Waals surface area contributed by atoms with E-state index in [9.17, 15) is 9.59 Å². The molecule has 0 spiro atoms. The van der Waals surface area contributed by atoms with Gasteiger partial charge in [0.15, 0.2) is 0 Å². The number of benzene rings is 1. The maximum absolute atomic E-state index is 11.9. The zero-order valence-electron chi connectivity index (χ0n) is 9.81. The summed E-state index contributed by atoms with van der Waals surface area (Å²) in [5.74, 6) is -0.294. The fourth-order valence-corrected chi connectivity index (χ4v) is 1.80. The molecule has 6 heteroatoms. The second kappa shape index (κ2) is 4.41. The molecule has 1 aromatic carbocycles. The van der Waals surface area contributed by atoms with E-state index in [4.69, 9.17) is 0 Å². The monoisotopic (exact) mass is 254 g/mol. The van der Waals surface area contributed by atoms with Crippen molar-refractivity contribution in [2.75, 3.05) is 5.32 Å². The van der Waals surface area contributed by atoms with Crippen molar-refractivity contribution in [2.24, 2.45) is 0 Å². The number of rotatable bonds is 2. The Balaban J connectivity index is 1.89. The van der Waals surface area contributed by atoms with Gasteiger partial charge in [0, 0.05) is 11.9 Å². The maximum atomic E-state index is 11.9. The van der Waals surface area contributed by atoms with Gasteiger partial charge in [-0.15, -0.1) is 0 Å². The molecule has 0 unspecified atom stereocenters. The average molecular weight is 254 g/mol. The van der Waals surface area contributed by atoms with Crippen molar-refractivity contribution in [3.63, 3.8) is 0 Å². The van der Waals surface area contributed by atoms with Crippen molar-refractivity contribution < 1.29 is 4.79 Å². The average Bonchev–Trinajstić information content (AvgIpc) is 2.79. The summed E-state index contributed by atoms with van der Waals surface area (Å²) < 4.78 is 0. The summed E-state index contributed by atoms with van der Waals surface area (Å²) >= 11 is 0. The lowest BCUT2D eigenvalue weighted by Crippen LogP contribution is -2.13. The van der Waals surface area contributed by atoms with Crippen LogP contribution in [-0.2, 0) is 0 Å². The molecule has 0 bridgehead atoms. The maximum Gasteiger partial charge on any atom is 0.323 e. The number of H-pyrrole nitrogens is 2. The highest BCUT2D eigenvalue weighted by Gasteiger charge is 2.07. The van der Waals surface area contributed by atoms with Gasteiger partial charge in [0.05, 0.1) is 11.0 Å². The van der Waals surface area contributed by atoms with Gasteiger partial charge in [0.2, 0.25) is 0 Å². The molecule has 1 amide bonds. The van der Waals surface area contributed by atoms with E-state index in [2.05, 4.69) is 20.3 Å². The Morgan fingerprint density at radius 3 is 2.74 bits per heavy atom. The predicted molar refractivity (Wildman–Crippen MR) is 71.1 cm³/mol. The number of amides is 1. The Labute approximate surface area is 107 Å². The van der Waals surface area contributed by atoms with E-state index >= 15 is 0 Å². The van der Waals surface area contributed by atoms with Crippen LogP contribution in [-0.4, -0.2) is 20.9 Å². The van der Waals surface area contributed by atoms with E-state index in [1.807, 2.05) is 0 Å². The van der Waals surface area contributed by atoms with Crippen LogP contribution in [0.15, 0.2) is 47.4 Å². The lowest BCUT2D eigenvalue weighted by Gasteiger charge is -2.04. The fraction of sp³-hybridized carbons (Fsp3) is 0. The number of hydrogen-bond acceptors (Lipinski definition) is 3. The number of hydrogen-bond donors (Lipinski definition) is 3. The molecule has 3 rings (SSSR count). The highest BCUT2D eigenvalue weighted by Crippen LogP contribution is 2.15. The van der Waals surface area contributed by atoms with Crippen LogP contribution < -0.4 is 11.0 Å². The number of pyridine rings is 1. The third-order valence-corrected chi connectivity index (χ3v) is 2.67. The number of aromatic amines is 2. The minimum atomic E-state index is -0.294. The van der Waals surface area contributed by atoms with E-state index in [1.165, 1.54) is 0 Å². The highest BCUT2D eigenvalue weighted by molar-refractivity contribution is 6.03. The molecule has 0 fully saturated rings. The van der Waals surface area contributed by atoms with E-state index in [-0.39, 0.29) is 11.6 Å². The molecule has 0 saturated carbocycles. The van der Waals surface area contributed by atoms with E-state index in [0.29, 0.717) is 22.4 Å². The van der Waals surface area contributed by atoms with Crippen molar-refractivity contribution in [3.05, 3.63) is 58.8 Å². The Morgan fingerprint density at radius 2 is 1.95 bits per heavy atom. The van der Waals surface area contributed by atoms with Crippen LogP contribution in [0.25, 0.3) is 11.0 Å². The summed E-state index contributed by atoms with van der Waals surface area (Å²) in [6.45, 7) is 0. The van der Waals surface area contributed by atoms with Crippen molar-refractivity contribution in [1.82, 2.24) is 15.0 Å². The van der Waals surface area contributed by atoms with Gasteiger partial charge in [-0.25, -0.2) is 4.79 Å². The number of nitrogens with one attached hydrogen (secondary N) is 3. The van der Waals surface area contributed by atoms with Crippen molar-refractivity contribution in [3.8, 4) is 0 Å². The first-order chi connectivity index (χ1) is 9.22. The minimum absolute atomic E-state index is 0.275. The highest BCUT2D eigenvalue weighted by atomic mass is 16.2. The zero-order chi connectivity index (χ0) is 13.2. The second-order valence-corrected chi connectivity index (χ2v) is 4.01. The summed E-state index contributed by atoms with van der Waals surface area (Å²) in [6.07, 6.45) is 1.56. The smallest absolute Gasteiger partial charge is 0.321 e. The number of carbonyl (C=O) groups is 1. The first-order valence-corrected chi connectivity index (χ1v) is 5.67. The molecule has 19 heavy (non-hydrogen) atoms. The first-order valence-electron chi connectivity index (χ1n) is 5.67. The number of imidazole rings is 1. The largest absolute Gasteiger partial charge is 0.323 e. The molecular formula is C13H10N4O2. The van der Waals surface area contributed by atoms with Gasteiger partial charge in [-0.1, -0.05) is 6.07 Å². The van der Waals surface area contributed by atoms with E-state index < -0.39 is 0 Å². The molecule has 0 aliphatic carbocycles. The van der Waals surface area contributed by atoms with Crippen LogP contribution in [0, 0.1) is 0 Å². The molecule has 94 valence electrons. The lowest BCUT2D eigenvalue weighted by atomic mass is 10.2. The number of fused-ring (bicyclic) bond motifs is 1. The number of nitrogens with zero attached hydrogens (tertiary/aromatic N) is 1. The quantitative estimate of drug-likeness (QED) is 0.647. The predicted octanol–water partition coefficient (Wildman–Crippen LogP) is 1.50. The summed E-state index contributed by atoms with van der Waals surface area (Å²) in [4.78, 5) is 32.3. The van der Waals surface area contributed by atoms with Crippen molar-refractivity contribution in [1.29, 1.82) is 0 Å². The molecule has 6 nitrogen and oxygen atoms in total. The number of anilines is 1. The first kappa shape index (κ1) is 11.2. The van der Waals surface area contributed by atoms with Crippen molar-refractivity contribution in [2.45, 2.75) is 0 Å². The third-order valence-electron chi connectivity index (χ3n) is 2.67. The Kier molecular flexibility index (Phi) is 2.60. The van der Waals surface area contributed by atoms with Gasteiger partial charge in [0.1, 0.15) is 5.69 Å². The van der Waals surface area contributed by atoms with Gasteiger partial charge < -0.3 is 15.3 Å². The topological polar surface area (TPSA) is 90.6 Å². The van der Waals surface area contributed by atoms with Crippen LogP contribution in [0.4, 0.5) is 5.69 Å². The van der Waals surface area contributed by atoms with Gasteiger partial charge >= 0.3 is 5.69 Å². The summed E-state index contributed by atoms with van der Waals surface area (Å²) in [5, 5.41) is 2.72. The Morgan fingerprint density at radius 1 is 1.11 bits per heavy atom. The Hall–Kier alpha value is -2.89. The zero-order valence-corrected chi connectivity index (χ0v) is 9.81. The SMILES string of the molecule is O=C(Nc1ccc2[nH]c(=O)[nH]c2c1)c1ccccn1. The fourth-order valence-electron chi connectivity index (χ4n) is 1.80. The normalized spacial score (nSPS) is 10.5. The molecule has 2 aromatic heterocycles. The third kappa shape index (κ3) is 2.23. The van der Waals surface area contributed by atoms with E-state index in [1.54, 1.807) is 42.6 Å². The van der Waals surface area contributed by atoms with Crippen molar-refractivity contribution >= 4 is 22.6 Å². The second-order valence-electron chi connectivity index (χ2n) is 4.01. The molecule has 0 radical (unpaired) electrons. The summed E-state index contributed by atoms with van der Waals surface area (Å²) in [6, 6.07) is 10.2. The number of aromatic nitrogens is 3. The Bertz CT molecular complexity index is 789. The molecule has 0 saturated heterocycles. The van der Waals surface area contributed by atoms with Gasteiger partial charge in [-0.2, -0.15) is 0 Å². The lowest BCUT2D eigenvalue weighted by molar-refractivity contribution is 0.102. The number of carbonyl (C=O) groups excluding carboxylic acids is 1. The molecule has 0 aliphatic rings. The minimum Gasteiger partial charge on any atom is -0.321 e. The van der Waals surface area contributed by atoms with Crippen LogP contribution in [0.2, 0.25) is 0 Å². The van der Waals surface area contributed by atoms with Crippen LogP contribution in [0.3, 0.4) is 0 Å². The van der Waals surface area contributed by atoms with Gasteiger partial charge in [0.25, 0.3) is 5.91 Å².